The number of hydrogen-bond acceptors (Lipinski definition) is 6. The molecule has 0 aliphatic rings. The molecule has 0 saturated carbocycles. The molecule has 0 fully saturated rings. The van der Waals surface area contributed by atoms with Gasteiger partial charge in [0.1, 0.15) is 0 Å². The average molecular weight is 649 g/mol. The Morgan fingerprint density at radius 1 is 0.561 bits per heavy atom. The Bertz CT molecular complexity index is 1800. The number of thiophene rings is 1. The van der Waals surface area contributed by atoms with Crippen molar-refractivity contribution >= 4 is 122 Å². The normalized spacial score (nSPS) is 12.3. The first-order valence-electron chi connectivity index (χ1n) is 13.6. The van der Waals surface area contributed by atoms with Crippen molar-refractivity contribution in [2.24, 2.45) is 0 Å². The molecular formula is C33H38B2S6. The van der Waals surface area contributed by atoms with Gasteiger partial charge in [-0.05, 0) is 19.4 Å². The van der Waals surface area contributed by atoms with Crippen molar-refractivity contribution < 1.29 is 0 Å². The summed E-state index contributed by atoms with van der Waals surface area (Å²) in [6, 6.07) is 0. The van der Waals surface area contributed by atoms with Crippen molar-refractivity contribution in [3.05, 3.63) is 54.9 Å². The molecule has 212 valence electrons. The van der Waals surface area contributed by atoms with Gasteiger partial charge in [0.25, 0.3) is 0 Å². The number of aryl methyl sites for hydroxylation is 1. The summed E-state index contributed by atoms with van der Waals surface area (Å²) in [5.41, 5.74) is 17.6. The van der Waals surface area contributed by atoms with Crippen LogP contribution in [-0.4, -0.2) is 20.8 Å². The molecule has 0 unspecified atom stereocenters. The maximum absolute atomic E-state index is 5.17. The van der Waals surface area contributed by atoms with E-state index in [1.165, 1.54) is 59.5 Å². The molecule has 0 bridgehead atoms. The summed E-state index contributed by atoms with van der Waals surface area (Å²) in [7, 11) is 6.54. The Hall–Kier alpha value is -0.890. The molecule has 8 heteroatoms. The van der Waals surface area contributed by atoms with Gasteiger partial charge in [-0.3, -0.25) is 0 Å². The zero-order chi connectivity index (χ0) is 31.0. The maximum atomic E-state index is 5.17. The Morgan fingerprint density at radius 3 is 1.66 bits per heavy atom. The second kappa shape index (κ2) is 11.9. The van der Waals surface area contributed by atoms with Crippen LogP contribution in [0.2, 0.25) is 0 Å². The third-order valence-corrected chi connectivity index (χ3v) is 13.5. The summed E-state index contributed by atoms with van der Waals surface area (Å²) in [5.74, 6) is 0. The fourth-order valence-corrected chi connectivity index (χ4v) is 9.46. The van der Waals surface area contributed by atoms with Gasteiger partial charge in [0, 0.05) is 0 Å². The number of benzene rings is 3. The topological polar surface area (TPSA) is 0 Å². The molecule has 1 heterocycles. The van der Waals surface area contributed by atoms with E-state index < -0.39 is 0 Å². The molecule has 0 amide bonds. The second-order valence-corrected chi connectivity index (χ2v) is 14.7. The standard InChI is InChI=1S/C33H38B2S6/c1-11-13(3)22(31(40)29(38)16(11)6)24-26(35)30(39)21(19(9)28(24)37)14(4)18(8)32-23(20(10)34)25-27(36)15(5)12(2)17(7)33(25)41-32/h34,36-40H,35H2,1-10H3/b18-14+. The Morgan fingerprint density at radius 2 is 1.10 bits per heavy atom. The molecule has 4 aromatic rings. The van der Waals surface area contributed by atoms with E-state index in [-0.39, 0.29) is 0 Å². The summed E-state index contributed by atoms with van der Waals surface area (Å²) in [6.45, 7) is 21.7. The SMILES string of the molecule is B=C(C)c1c(/C(C)=C(\C)c2c(C)c(S)c(-c3c(C)c(C)c(C)c(S)c3S)c(B)c2S)sc2c(C)c(C)c(C)c(S)c12. The number of thiol groups is 5. The van der Waals surface area contributed by atoms with Gasteiger partial charge in [-0.25, -0.2) is 0 Å². The van der Waals surface area contributed by atoms with Crippen LogP contribution in [0.25, 0.3) is 32.4 Å². The van der Waals surface area contributed by atoms with Crippen LogP contribution in [0.15, 0.2) is 24.5 Å². The van der Waals surface area contributed by atoms with Gasteiger partial charge in [0.05, 0.1) is 0 Å². The number of allylic oxidation sites excluding steroid dienone is 2. The van der Waals surface area contributed by atoms with Crippen LogP contribution in [0, 0.1) is 48.5 Å². The zero-order valence-corrected chi connectivity index (χ0v) is 31.1. The Labute approximate surface area is 279 Å². The zero-order valence-electron chi connectivity index (χ0n) is 25.9. The van der Waals surface area contributed by atoms with Gasteiger partial charge < -0.3 is 0 Å². The molecule has 0 saturated heterocycles. The first-order valence-corrected chi connectivity index (χ1v) is 16.7. The summed E-state index contributed by atoms with van der Waals surface area (Å²) in [4.78, 5) is 6.00. The Balaban J connectivity index is 2.08. The Kier molecular flexibility index (Phi) is 9.58. The first kappa shape index (κ1) is 33.0. The van der Waals surface area contributed by atoms with Gasteiger partial charge in [-0.2, -0.15) is 0 Å². The van der Waals surface area contributed by atoms with E-state index in [9.17, 15) is 0 Å². The monoisotopic (exact) mass is 648 g/mol. The van der Waals surface area contributed by atoms with Gasteiger partial charge in [-0.15, -0.1) is 12.6 Å². The van der Waals surface area contributed by atoms with Gasteiger partial charge in [0.2, 0.25) is 0 Å². The van der Waals surface area contributed by atoms with Crippen molar-refractivity contribution in [3.8, 4) is 11.1 Å². The van der Waals surface area contributed by atoms with Crippen molar-refractivity contribution in [2.75, 3.05) is 0 Å². The van der Waals surface area contributed by atoms with Gasteiger partial charge in [0.15, 0.2) is 0 Å². The van der Waals surface area contributed by atoms with Crippen molar-refractivity contribution in [1.82, 2.24) is 0 Å². The fourth-order valence-electron chi connectivity index (χ4n) is 5.92. The predicted octanol–water partition coefficient (Wildman–Crippen LogP) is 8.82. The van der Waals surface area contributed by atoms with Crippen LogP contribution in [-0.2, 0) is 0 Å². The molecule has 1 aromatic heterocycles. The third kappa shape index (κ3) is 5.07. The molecule has 0 nitrogen and oxygen atoms in total. The third-order valence-electron chi connectivity index (χ3n) is 9.17. The molecule has 0 spiro atoms. The summed E-state index contributed by atoms with van der Waals surface area (Å²) >= 11 is 26.9. The first-order chi connectivity index (χ1) is 19.0. The van der Waals surface area contributed by atoms with E-state index in [1.54, 1.807) is 0 Å². The summed E-state index contributed by atoms with van der Waals surface area (Å²) in [6.07, 6.45) is 0. The van der Waals surface area contributed by atoms with E-state index in [4.69, 9.17) is 63.1 Å². The molecule has 0 aliphatic heterocycles. The van der Waals surface area contributed by atoms with Crippen LogP contribution in [0.3, 0.4) is 0 Å². The predicted molar refractivity (Wildman–Crippen MR) is 206 cm³/mol. The number of rotatable bonds is 4. The van der Waals surface area contributed by atoms with Crippen molar-refractivity contribution in [1.29, 1.82) is 0 Å². The van der Waals surface area contributed by atoms with E-state index in [2.05, 4.69) is 84.6 Å². The molecular weight excluding hydrogens is 610 g/mol. The van der Waals surface area contributed by atoms with E-state index in [0.717, 1.165) is 63.2 Å². The van der Waals surface area contributed by atoms with Crippen molar-refractivity contribution in [2.45, 2.75) is 93.7 Å². The molecule has 41 heavy (non-hydrogen) atoms. The fraction of sp³-hybridized carbons (Fsp3) is 0.303. The van der Waals surface area contributed by atoms with E-state index >= 15 is 0 Å². The molecule has 0 aliphatic carbocycles. The van der Waals surface area contributed by atoms with Crippen molar-refractivity contribution in [3.63, 3.8) is 0 Å². The average Bonchev–Trinajstić information content (AvgIpc) is 3.34. The van der Waals surface area contributed by atoms with Crippen LogP contribution < -0.4 is 5.46 Å². The second-order valence-electron chi connectivity index (χ2n) is 11.4. The van der Waals surface area contributed by atoms with E-state index in [1.807, 2.05) is 11.3 Å². The quantitative estimate of drug-likeness (QED) is 0.106. The summed E-state index contributed by atoms with van der Waals surface area (Å²) in [5, 5.41) is 1.21. The number of fused-ring (bicyclic) bond motifs is 1. The van der Waals surface area contributed by atoms with Crippen LogP contribution >= 0.6 is 74.5 Å². The molecule has 0 N–H and O–H groups in total. The minimum absolute atomic E-state index is 0.885. The molecule has 0 atom stereocenters. The van der Waals surface area contributed by atoms with Gasteiger partial charge in [-0.1, -0.05) is 0 Å². The van der Waals surface area contributed by atoms with Gasteiger partial charge >= 0.3 is 250 Å². The van der Waals surface area contributed by atoms with E-state index in [0.29, 0.717) is 0 Å². The molecule has 4 rings (SSSR count). The molecule has 0 radical (unpaired) electrons. The van der Waals surface area contributed by atoms with Crippen LogP contribution in [0.5, 0.6) is 0 Å². The molecule has 3 aromatic carbocycles. The van der Waals surface area contributed by atoms with Crippen LogP contribution in [0.1, 0.15) is 75.7 Å². The minimum atomic E-state index is 0.885. The summed E-state index contributed by atoms with van der Waals surface area (Å²) < 4.78 is 1.29. The number of hydrogen-bond donors (Lipinski definition) is 5. The van der Waals surface area contributed by atoms with Crippen LogP contribution in [0.4, 0.5) is 0 Å².